The van der Waals surface area contributed by atoms with Crippen molar-refractivity contribution < 1.29 is 13.5 Å². The van der Waals surface area contributed by atoms with E-state index in [4.69, 9.17) is 4.74 Å². The Bertz CT molecular complexity index is 596. The number of aryl methyl sites for hydroxylation is 1. The third-order valence-electron chi connectivity index (χ3n) is 6.87. The molecule has 0 aliphatic heterocycles. The topological polar surface area (TPSA) is 9.23 Å². The molecule has 0 unspecified atom stereocenters. The second kappa shape index (κ2) is 10.4. The van der Waals surface area contributed by atoms with E-state index in [-0.39, 0.29) is 0 Å². The molecule has 0 amide bonds. The minimum absolute atomic E-state index is 0.719. The summed E-state index contributed by atoms with van der Waals surface area (Å²) in [4.78, 5) is 0. The Kier molecular flexibility index (Phi) is 7.87. The van der Waals surface area contributed by atoms with Crippen LogP contribution < -0.4 is 0 Å². The largest absolute Gasteiger partial charge is 0.381 e. The second-order valence-corrected chi connectivity index (χ2v) is 8.63. The zero-order valence-corrected chi connectivity index (χ0v) is 16.6. The summed E-state index contributed by atoms with van der Waals surface area (Å²) in [5.74, 6) is 1.87. The second-order valence-electron chi connectivity index (χ2n) is 8.63. The molecule has 150 valence electrons. The van der Waals surface area contributed by atoms with Crippen LogP contribution in [0.3, 0.4) is 0 Å². The highest BCUT2D eigenvalue weighted by molar-refractivity contribution is 5.17. The Balaban J connectivity index is 1.36. The van der Waals surface area contributed by atoms with E-state index in [0.29, 0.717) is 0 Å². The molecular weight excluding hydrogens is 342 g/mol. The Morgan fingerprint density at radius 2 is 1.59 bits per heavy atom. The molecule has 0 heterocycles. The summed E-state index contributed by atoms with van der Waals surface area (Å²) in [5.41, 5.74) is 0.927. The number of halogens is 2. The minimum Gasteiger partial charge on any atom is -0.381 e. The van der Waals surface area contributed by atoms with Crippen molar-refractivity contribution in [3.8, 4) is 0 Å². The van der Waals surface area contributed by atoms with Crippen molar-refractivity contribution in [3.63, 3.8) is 0 Å². The molecule has 27 heavy (non-hydrogen) atoms. The van der Waals surface area contributed by atoms with Crippen molar-refractivity contribution in [1.82, 2.24) is 0 Å². The van der Waals surface area contributed by atoms with E-state index in [2.05, 4.69) is 12.2 Å². The Labute approximate surface area is 163 Å². The molecule has 1 aromatic rings. The molecule has 3 rings (SSSR count). The predicted molar refractivity (Wildman–Crippen MR) is 107 cm³/mol. The monoisotopic (exact) mass is 376 g/mol. The molecule has 0 spiro atoms. The van der Waals surface area contributed by atoms with Gasteiger partial charge in [0.2, 0.25) is 0 Å². The normalized spacial score (nSPS) is 29.3. The fraction of sp³-hybridized carbons (Fsp3) is 0.667. The van der Waals surface area contributed by atoms with Gasteiger partial charge < -0.3 is 4.74 Å². The fourth-order valence-electron chi connectivity index (χ4n) is 5.17. The van der Waals surface area contributed by atoms with Gasteiger partial charge in [-0.25, -0.2) is 8.78 Å². The first-order valence-electron chi connectivity index (χ1n) is 10.7. The van der Waals surface area contributed by atoms with Gasteiger partial charge in [-0.1, -0.05) is 31.1 Å². The Morgan fingerprint density at radius 1 is 0.926 bits per heavy atom. The standard InChI is InChI=1S/C24H34F2O/c1-27-16-2-3-18-6-11-21(12-7-18)22-13-8-19(9-14-22)4-5-20-10-15-23(25)24(26)17-20/h2-3,10,15,17-19,21-22H,4-9,11-14,16H2,1H3/b3-2+/t18-,19?,21-,22?. The van der Waals surface area contributed by atoms with Crippen LogP contribution in [0.5, 0.6) is 0 Å². The Morgan fingerprint density at radius 3 is 2.22 bits per heavy atom. The predicted octanol–water partition coefficient (Wildman–Crippen LogP) is 6.71. The van der Waals surface area contributed by atoms with Gasteiger partial charge in [-0.15, -0.1) is 0 Å². The molecule has 0 saturated heterocycles. The maximum atomic E-state index is 13.3. The van der Waals surface area contributed by atoms with Crippen molar-refractivity contribution in [2.45, 2.75) is 64.2 Å². The lowest BCUT2D eigenvalue weighted by molar-refractivity contribution is 0.152. The molecule has 2 aliphatic carbocycles. The quantitative estimate of drug-likeness (QED) is 0.480. The molecule has 3 heteroatoms. The van der Waals surface area contributed by atoms with E-state index in [1.165, 1.54) is 63.5 Å². The van der Waals surface area contributed by atoms with Crippen LogP contribution in [0.4, 0.5) is 8.78 Å². The van der Waals surface area contributed by atoms with Crippen LogP contribution in [0.1, 0.15) is 63.4 Å². The third-order valence-corrected chi connectivity index (χ3v) is 6.87. The highest BCUT2D eigenvalue weighted by Crippen LogP contribution is 2.42. The first kappa shape index (κ1) is 20.5. The average Bonchev–Trinajstić information content (AvgIpc) is 2.70. The maximum Gasteiger partial charge on any atom is 0.159 e. The van der Waals surface area contributed by atoms with Crippen molar-refractivity contribution in [3.05, 3.63) is 47.5 Å². The van der Waals surface area contributed by atoms with Gasteiger partial charge in [0.05, 0.1) is 6.61 Å². The lowest BCUT2D eigenvalue weighted by Crippen LogP contribution is -2.25. The number of ether oxygens (including phenoxy) is 1. The first-order valence-corrected chi connectivity index (χ1v) is 10.7. The summed E-state index contributed by atoms with van der Waals surface area (Å²) >= 11 is 0. The third kappa shape index (κ3) is 6.14. The molecule has 0 bridgehead atoms. The van der Waals surface area contributed by atoms with Crippen molar-refractivity contribution in [2.24, 2.45) is 23.7 Å². The molecule has 2 aliphatic rings. The molecule has 1 nitrogen and oxygen atoms in total. The van der Waals surface area contributed by atoms with Gasteiger partial charge in [0.15, 0.2) is 11.6 Å². The number of benzene rings is 1. The van der Waals surface area contributed by atoms with Crippen LogP contribution in [-0.4, -0.2) is 13.7 Å². The van der Waals surface area contributed by atoms with Crippen molar-refractivity contribution >= 4 is 0 Å². The summed E-state index contributed by atoms with van der Waals surface area (Å²) in [6, 6.07) is 4.34. The lowest BCUT2D eigenvalue weighted by atomic mass is 9.68. The number of allylic oxidation sites excluding steroid dienone is 1. The average molecular weight is 377 g/mol. The summed E-state index contributed by atoms with van der Waals surface area (Å²) < 4.78 is 31.5. The SMILES string of the molecule is COC/C=C/[C@H]1CC[C@H](C2CCC(CCc3ccc(F)c(F)c3)CC2)CC1. The van der Waals surface area contributed by atoms with Gasteiger partial charge in [-0.2, -0.15) is 0 Å². The van der Waals surface area contributed by atoms with E-state index >= 15 is 0 Å². The van der Waals surface area contributed by atoms with Crippen LogP contribution in [0.25, 0.3) is 0 Å². The number of rotatable bonds is 7. The smallest absolute Gasteiger partial charge is 0.159 e. The molecule has 1 aromatic carbocycles. The highest BCUT2D eigenvalue weighted by atomic mass is 19.2. The van der Waals surface area contributed by atoms with Gasteiger partial charge in [0.1, 0.15) is 0 Å². The molecule has 0 atom stereocenters. The van der Waals surface area contributed by atoms with Gasteiger partial charge in [-0.05, 0) is 92.7 Å². The zero-order chi connectivity index (χ0) is 19.1. The number of hydrogen-bond acceptors (Lipinski definition) is 1. The van der Waals surface area contributed by atoms with Crippen LogP contribution >= 0.6 is 0 Å². The van der Waals surface area contributed by atoms with Gasteiger partial charge in [0.25, 0.3) is 0 Å². The zero-order valence-electron chi connectivity index (χ0n) is 16.6. The van der Waals surface area contributed by atoms with Crippen LogP contribution in [0, 0.1) is 35.3 Å². The minimum atomic E-state index is -0.747. The first-order chi connectivity index (χ1) is 13.2. The van der Waals surface area contributed by atoms with E-state index in [1.54, 1.807) is 13.2 Å². The molecule has 2 fully saturated rings. The summed E-state index contributed by atoms with van der Waals surface area (Å²) in [7, 11) is 1.75. The van der Waals surface area contributed by atoms with Gasteiger partial charge in [0, 0.05) is 7.11 Å². The number of methoxy groups -OCH3 is 1. The lowest BCUT2D eigenvalue weighted by Gasteiger charge is -2.37. The summed E-state index contributed by atoms with van der Waals surface area (Å²) in [6.07, 6.45) is 17.3. The Hall–Kier alpha value is -1.22. The van der Waals surface area contributed by atoms with E-state index in [9.17, 15) is 8.78 Å². The molecule has 2 saturated carbocycles. The highest BCUT2D eigenvalue weighted by Gasteiger charge is 2.30. The van der Waals surface area contributed by atoms with Crippen molar-refractivity contribution in [1.29, 1.82) is 0 Å². The van der Waals surface area contributed by atoms with E-state index in [1.807, 2.05) is 0 Å². The fourth-order valence-corrected chi connectivity index (χ4v) is 5.17. The van der Waals surface area contributed by atoms with E-state index in [0.717, 1.165) is 48.7 Å². The number of hydrogen-bond donors (Lipinski definition) is 0. The van der Waals surface area contributed by atoms with E-state index < -0.39 is 11.6 Å². The van der Waals surface area contributed by atoms with Crippen molar-refractivity contribution in [2.75, 3.05) is 13.7 Å². The van der Waals surface area contributed by atoms with Crippen LogP contribution in [0.15, 0.2) is 30.4 Å². The molecular formula is C24H34F2O. The molecule has 0 aromatic heterocycles. The van der Waals surface area contributed by atoms with Gasteiger partial charge in [-0.3, -0.25) is 0 Å². The maximum absolute atomic E-state index is 13.3. The van der Waals surface area contributed by atoms with Gasteiger partial charge >= 0.3 is 0 Å². The summed E-state index contributed by atoms with van der Waals surface area (Å²) in [6.45, 7) is 0.731. The molecule has 0 radical (unpaired) electrons. The molecule has 0 N–H and O–H groups in total. The van der Waals surface area contributed by atoms with Crippen LogP contribution in [-0.2, 0) is 11.2 Å². The van der Waals surface area contributed by atoms with Crippen LogP contribution in [0.2, 0.25) is 0 Å². The summed E-state index contributed by atoms with van der Waals surface area (Å²) in [5, 5.41) is 0.